The van der Waals surface area contributed by atoms with Crippen molar-refractivity contribution < 1.29 is 4.79 Å². The van der Waals surface area contributed by atoms with E-state index in [-0.39, 0.29) is 5.91 Å². The Kier molecular flexibility index (Phi) is 3.66. The number of nitrogens with one attached hydrogen (secondary N) is 1. The van der Waals surface area contributed by atoms with Crippen molar-refractivity contribution in [3.8, 4) is 5.82 Å². The van der Waals surface area contributed by atoms with Gasteiger partial charge in [-0.3, -0.25) is 9.36 Å². The molecular formula is C12H15N5O. The van der Waals surface area contributed by atoms with Crippen LogP contribution in [0.4, 0.5) is 0 Å². The molecule has 0 saturated carbocycles. The third-order valence-corrected chi connectivity index (χ3v) is 2.49. The molecule has 0 aliphatic carbocycles. The minimum Gasteiger partial charge on any atom is -0.351 e. The molecule has 6 nitrogen and oxygen atoms in total. The standard InChI is InChI=1S/C12H15N5O/c1-3-6-14-12(18)10-4-5-11(16-15-10)17-8-7-13-9(17)2/h4-5,7-8H,3,6H2,1-2H3,(H,14,18). The molecule has 94 valence electrons. The van der Waals surface area contributed by atoms with Gasteiger partial charge in [0.15, 0.2) is 11.5 Å². The number of hydrogen-bond donors (Lipinski definition) is 1. The summed E-state index contributed by atoms with van der Waals surface area (Å²) in [4.78, 5) is 15.7. The van der Waals surface area contributed by atoms with E-state index < -0.39 is 0 Å². The SMILES string of the molecule is CCCNC(=O)c1ccc(-n2ccnc2C)nn1. The van der Waals surface area contributed by atoms with Gasteiger partial charge in [-0.15, -0.1) is 10.2 Å². The highest BCUT2D eigenvalue weighted by atomic mass is 16.1. The summed E-state index contributed by atoms with van der Waals surface area (Å²) in [6.45, 7) is 4.52. The van der Waals surface area contributed by atoms with Crippen LogP contribution in [0, 0.1) is 6.92 Å². The van der Waals surface area contributed by atoms with Crippen LogP contribution in [0.25, 0.3) is 5.82 Å². The number of imidazole rings is 1. The molecule has 0 aliphatic rings. The van der Waals surface area contributed by atoms with Gasteiger partial charge in [-0.05, 0) is 25.5 Å². The monoisotopic (exact) mass is 245 g/mol. The van der Waals surface area contributed by atoms with Crippen LogP contribution in [0.1, 0.15) is 29.7 Å². The van der Waals surface area contributed by atoms with Crippen molar-refractivity contribution in [1.29, 1.82) is 0 Å². The van der Waals surface area contributed by atoms with E-state index in [0.29, 0.717) is 18.1 Å². The maximum Gasteiger partial charge on any atom is 0.271 e. The van der Waals surface area contributed by atoms with Gasteiger partial charge in [0.05, 0.1) is 0 Å². The Morgan fingerprint density at radius 3 is 2.78 bits per heavy atom. The Morgan fingerprint density at radius 1 is 1.39 bits per heavy atom. The predicted octanol–water partition coefficient (Wildman–Crippen LogP) is 1.11. The van der Waals surface area contributed by atoms with Gasteiger partial charge in [-0.2, -0.15) is 0 Å². The van der Waals surface area contributed by atoms with Crippen molar-refractivity contribution in [2.75, 3.05) is 6.54 Å². The van der Waals surface area contributed by atoms with Crippen LogP contribution in [0.5, 0.6) is 0 Å². The van der Waals surface area contributed by atoms with Crippen LogP contribution >= 0.6 is 0 Å². The van der Waals surface area contributed by atoms with E-state index in [0.717, 1.165) is 12.2 Å². The summed E-state index contributed by atoms with van der Waals surface area (Å²) < 4.78 is 1.81. The van der Waals surface area contributed by atoms with Crippen LogP contribution in [0.3, 0.4) is 0 Å². The summed E-state index contributed by atoms with van der Waals surface area (Å²) in [5.41, 5.74) is 0.324. The van der Waals surface area contributed by atoms with Gasteiger partial charge in [0.2, 0.25) is 0 Å². The third kappa shape index (κ3) is 2.53. The second kappa shape index (κ2) is 5.39. The number of nitrogens with zero attached hydrogens (tertiary/aromatic N) is 4. The van der Waals surface area contributed by atoms with Crippen molar-refractivity contribution in [3.05, 3.63) is 36.0 Å². The Hall–Kier alpha value is -2.24. The molecule has 0 spiro atoms. The van der Waals surface area contributed by atoms with E-state index in [4.69, 9.17) is 0 Å². The number of amides is 1. The first-order chi connectivity index (χ1) is 8.72. The number of hydrogen-bond acceptors (Lipinski definition) is 4. The second-order valence-corrected chi connectivity index (χ2v) is 3.88. The molecule has 6 heteroatoms. The third-order valence-electron chi connectivity index (χ3n) is 2.49. The van der Waals surface area contributed by atoms with Crippen molar-refractivity contribution in [1.82, 2.24) is 25.1 Å². The normalized spacial score (nSPS) is 10.3. The Morgan fingerprint density at radius 2 is 2.22 bits per heavy atom. The van der Waals surface area contributed by atoms with E-state index in [1.54, 1.807) is 29.1 Å². The van der Waals surface area contributed by atoms with Gasteiger partial charge in [0.1, 0.15) is 5.82 Å². The summed E-state index contributed by atoms with van der Waals surface area (Å²) >= 11 is 0. The Balaban J connectivity index is 2.15. The van der Waals surface area contributed by atoms with Crippen LogP contribution in [0.2, 0.25) is 0 Å². The molecule has 1 N–H and O–H groups in total. The van der Waals surface area contributed by atoms with Gasteiger partial charge < -0.3 is 5.32 Å². The molecule has 0 bridgehead atoms. The summed E-state index contributed by atoms with van der Waals surface area (Å²) in [5, 5.41) is 10.7. The highest BCUT2D eigenvalue weighted by Crippen LogP contribution is 2.06. The van der Waals surface area contributed by atoms with Crippen LogP contribution < -0.4 is 5.32 Å². The van der Waals surface area contributed by atoms with E-state index in [1.807, 2.05) is 13.8 Å². The zero-order valence-corrected chi connectivity index (χ0v) is 10.4. The van der Waals surface area contributed by atoms with Crippen molar-refractivity contribution in [2.45, 2.75) is 20.3 Å². The fourth-order valence-electron chi connectivity index (χ4n) is 1.52. The van der Waals surface area contributed by atoms with Gasteiger partial charge in [0, 0.05) is 18.9 Å². The lowest BCUT2D eigenvalue weighted by molar-refractivity contribution is 0.0947. The Labute approximate surface area is 105 Å². The number of carbonyl (C=O) groups is 1. The average molecular weight is 245 g/mol. The molecule has 0 aliphatic heterocycles. The van der Waals surface area contributed by atoms with Crippen LogP contribution in [-0.4, -0.2) is 32.2 Å². The highest BCUT2D eigenvalue weighted by Gasteiger charge is 2.08. The summed E-state index contributed by atoms with van der Waals surface area (Å²) in [7, 11) is 0. The zero-order chi connectivity index (χ0) is 13.0. The minimum atomic E-state index is -0.196. The topological polar surface area (TPSA) is 72.7 Å². The molecule has 2 aromatic heterocycles. The fraction of sp³-hybridized carbons (Fsp3) is 0.333. The van der Waals surface area contributed by atoms with Crippen LogP contribution in [-0.2, 0) is 0 Å². The first kappa shape index (κ1) is 12.2. The highest BCUT2D eigenvalue weighted by molar-refractivity contribution is 5.92. The van der Waals surface area contributed by atoms with E-state index >= 15 is 0 Å². The lowest BCUT2D eigenvalue weighted by Crippen LogP contribution is -2.25. The first-order valence-corrected chi connectivity index (χ1v) is 5.84. The van der Waals surface area contributed by atoms with Gasteiger partial charge in [0.25, 0.3) is 5.91 Å². The number of aromatic nitrogens is 4. The largest absolute Gasteiger partial charge is 0.351 e. The average Bonchev–Trinajstić information content (AvgIpc) is 2.82. The van der Waals surface area contributed by atoms with Gasteiger partial charge in [-0.25, -0.2) is 4.98 Å². The molecule has 2 rings (SSSR count). The number of aryl methyl sites for hydroxylation is 1. The lowest BCUT2D eigenvalue weighted by atomic mass is 10.3. The number of rotatable bonds is 4. The van der Waals surface area contributed by atoms with Crippen molar-refractivity contribution in [3.63, 3.8) is 0 Å². The lowest BCUT2D eigenvalue weighted by Gasteiger charge is -2.04. The van der Waals surface area contributed by atoms with Crippen molar-refractivity contribution >= 4 is 5.91 Å². The second-order valence-electron chi connectivity index (χ2n) is 3.88. The van der Waals surface area contributed by atoms with Gasteiger partial charge in [-0.1, -0.05) is 6.92 Å². The molecule has 0 radical (unpaired) electrons. The smallest absolute Gasteiger partial charge is 0.271 e. The molecule has 0 aromatic carbocycles. The minimum absolute atomic E-state index is 0.196. The zero-order valence-electron chi connectivity index (χ0n) is 10.4. The molecule has 0 fully saturated rings. The van der Waals surface area contributed by atoms with E-state index in [9.17, 15) is 4.79 Å². The predicted molar refractivity (Wildman–Crippen MR) is 66.5 cm³/mol. The van der Waals surface area contributed by atoms with Gasteiger partial charge >= 0.3 is 0 Å². The fourth-order valence-corrected chi connectivity index (χ4v) is 1.52. The molecule has 2 aromatic rings. The van der Waals surface area contributed by atoms with E-state index in [1.165, 1.54) is 0 Å². The summed E-state index contributed by atoms with van der Waals surface area (Å²) in [6, 6.07) is 3.41. The molecule has 0 saturated heterocycles. The van der Waals surface area contributed by atoms with Crippen molar-refractivity contribution in [2.24, 2.45) is 0 Å². The van der Waals surface area contributed by atoms with E-state index in [2.05, 4.69) is 20.5 Å². The summed E-state index contributed by atoms with van der Waals surface area (Å²) in [6.07, 6.45) is 4.39. The number of carbonyl (C=O) groups excluding carboxylic acids is 1. The maximum absolute atomic E-state index is 11.6. The molecular weight excluding hydrogens is 230 g/mol. The summed E-state index contributed by atoms with van der Waals surface area (Å²) in [5.74, 6) is 1.28. The quantitative estimate of drug-likeness (QED) is 0.875. The Bertz CT molecular complexity index is 532. The molecule has 0 atom stereocenters. The first-order valence-electron chi connectivity index (χ1n) is 5.84. The maximum atomic E-state index is 11.6. The molecule has 0 unspecified atom stereocenters. The molecule has 18 heavy (non-hydrogen) atoms. The molecule has 2 heterocycles. The van der Waals surface area contributed by atoms with Crippen LogP contribution in [0.15, 0.2) is 24.5 Å². The molecule has 1 amide bonds.